The van der Waals surface area contributed by atoms with Crippen LogP contribution >= 0.6 is 0 Å². The Morgan fingerprint density at radius 1 is 1.41 bits per heavy atom. The van der Waals surface area contributed by atoms with Gasteiger partial charge in [0.05, 0.1) is 5.39 Å². The van der Waals surface area contributed by atoms with Gasteiger partial charge in [0, 0.05) is 24.5 Å². The van der Waals surface area contributed by atoms with Gasteiger partial charge in [-0.15, -0.1) is 0 Å². The molecule has 6 nitrogen and oxygen atoms in total. The maximum absolute atomic E-state index is 12.9. The Hall–Kier alpha value is -2.21. The van der Waals surface area contributed by atoms with E-state index in [0.29, 0.717) is 35.5 Å². The molecule has 3 rings (SSSR count). The van der Waals surface area contributed by atoms with Gasteiger partial charge in [-0.25, -0.2) is 5.10 Å². The van der Waals surface area contributed by atoms with Crippen molar-refractivity contribution in [1.29, 1.82) is 0 Å². The number of hydrogen-bond donors (Lipinski definition) is 2. The van der Waals surface area contributed by atoms with Crippen molar-refractivity contribution in [2.45, 2.75) is 25.8 Å². The van der Waals surface area contributed by atoms with E-state index in [2.05, 4.69) is 17.1 Å². The molecular formula is C16H20N4O2. The van der Waals surface area contributed by atoms with Gasteiger partial charge in [-0.2, -0.15) is 5.10 Å². The number of nitrogens with zero attached hydrogens (tertiary/aromatic N) is 2. The zero-order valence-corrected chi connectivity index (χ0v) is 12.6. The molecule has 3 N–H and O–H groups in total. The second kappa shape index (κ2) is 5.88. The van der Waals surface area contributed by atoms with Gasteiger partial charge >= 0.3 is 0 Å². The Balaban J connectivity index is 2.05. The molecule has 0 saturated carbocycles. The zero-order valence-electron chi connectivity index (χ0n) is 12.6. The van der Waals surface area contributed by atoms with Crippen molar-refractivity contribution in [2.24, 2.45) is 11.7 Å². The van der Waals surface area contributed by atoms with Crippen LogP contribution in [0.1, 0.15) is 30.3 Å². The minimum Gasteiger partial charge on any atom is -0.333 e. The quantitative estimate of drug-likeness (QED) is 0.869. The summed E-state index contributed by atoms with van der Waals surface area (Å²) in [5.41, 5.74) is 5.88. The van der Waals surface area contributed by atoms with E-state index in [0.717, 1.165) is 12.8 Å². The number of H-pyrrole nitrogens is 1. The number of nitrogens with two attached hydrogens (primary N) is 1. The van der Waals surface area contributed by atoms with Crippen molar-refractivity contribution in [1.82, 2.24) is 15.1 Å². The highest BCUT2D eigenvalue weighted by Gasteiger charge is 2.32. The largest absolute Gasteiger partial charge is 0.333 e. The summed E-state index contributed by atoms with van der Waals surface area (Å²) < 4.78 is 0. The van der Waals surface area contributed by atoms with Crippen molar-refractivity contribution in [3.63, 3.8) is 0 Å². The minimum absolute atomic E-state index is 0.0220. The van der Waals surface area contributed by atoms with Crippen LogP contribution in [-0.4, -0.2) is 40.1 Å². The van der Waals surface area contributed by atoms with E-state index in [1.54, 1.807) is 29.2 Å². The molecule has 0 radical (unpaired) electrons. The van der Waals surface area contributed by atoms with E-state index in [1.807, 2.05) is 0 Å². The van der Waals surface area contributed by atoms with Gasteiger partial charge in [0.1, 0.15) is 0 Å². The number of nitrogens with one attached hydrogen (secondary N) is 1. The lowest BCUT2D eigenvalue weighted by molar-refractivity contribution is 0.0527. The summed E-state index contributed by atoms with van der Waals surface area (Å²) >= 11 is 0. The van der Waals surface area contributed by atoms with Gasteiger partial charge in [0.15, 0.2) is 5.69 Å². The van der Waals surface area contributed by atoms with Crippen molar-refractivity contribution in [3.8, 4) is 0 Å². The van der Waals surface area contributed by atoms with Crippen LogP contribution in [0.5, 0.6) is 0 Å². The molecule has 2 aromatic rings. The van der Waals surface area contributed by atoms with Crippen molar-refractivity contribution < 1.29 is 4.79 Å². The molecule has 0 bridgehead atoms. The summed E-state index contributed by atoms with van der Waals surface area (Å²) in [6.45, 7) is 3.24. The average Bonchev–Trinajstić information content (AvgIpc) is 2.54. The molecule has 116 valence electrons. The van der Waals surface area contributed by atoms with Gasteiger partial charge in [-0.3, -0.25) is 9.59 Å². The maximum atomic E-state index is 12.9. The van der Waals surface area contributed by atoms with Crippen LogP contribution in [0.2, 0.25) is 0 Å². The molecule has 6 heteroatoms. The molecule has 1 aromatic heterocycles. The first-order chi connectivity index (χ1) is 10.6. The number of carbonyl (C=O) groups is 1. The lowest BCUT2D eigenvalue weighted by Crippen LogP contribution is -2.51. The number of aromatic amines is 1. The van der Waals surface area contributed by atoms with E-state index in [4.69, 9.17) is 5.73 Å². The molecule has 1 aliphatic rings. The molecule has 1 aliphatic heterocycles. The van der Waals surface area contributed by atoms with E-state index in [9.17, 15) is 9.59 Å². The number of likely N-dealkylation sites (tertiary alicyclic amines) is 1. The lowest BCUT2D eigenvalue weighted by Gasteiger charge is -2.39. The van der Waals surface area contributed by atoms with Crippen molar-refractivity contribution in [2.75, 3.05) is 13.1 Å². The highest BCUT2D eigenvalue weighted by molar-refractivity contribution is 6.04. The van der Waals surface area contributed by atoms with E-state index in [1.165, 1.54) is 0 Å². The van der Waals surface area contributed by atoms with Gasteiger partial charge in [-0.1, -0.05) is 25.1 Å². The summed E-state index contributed by atoms with van der Waals surface area (Å²) in [4.78, 5) is 26.6. The first-order valence-corrected chi connectivity index (χ1v) is 7.62. The number of amides is 1. The predicted octanol–water partition coefficient (Wildman–Crippen LogP) is 1.12. The third kappa shape index (κ3) is 2.39. The maximum Gasteiger partial charge on any atom is 0.275 e. The third-order valence-electron chi connectivity index (χ3n) is 4.52. The van der Waals surface area contributed by atoms with Crippen LogP contribution in [-0.2, 0) is 0 Å². The molecule has 1 amide bonds. The van der Waals surface area contributed by atoms with Crippen LogP contribution in [0.3, 0.4) is 0 Å². The second-order valence-electron chi connectivity index (χ2n) is 5.87. The van der Waals surface area contributed by atoms with Crippen LogP contribution in [0.15, 0.2) is 29.1 Å². The zero-order chi connectivity index (χ0) is 15.7. The molecule has 0 aliphatic carbocycles. The summed E-state index contributed by atoms with van der Waals surface area (Å²) in [5, 5.41) is 7.50. The standard InChI is InChI=1S/C16H20N4O2/c1-10-5-4-8-20(13(10)9-17)16(22)14-11-6-2-3-7-12(11)15(21)19-18-14/h2-3,6-7,10,13H,4-5,8-9,17H2,1H3,(H,19,21)/t10-,13-/m0/s1. The minimum atomic E-state index is -0.283. The fourth-order valence-electron chi connectivity index (χ4n) is 3.27. The van der Waals surface area contributed by atoms with Gasteiger partial charge in [0.25, 0.3) is 11.5 Å². The van der Waals surface area contributed by atoms with Crippen molar-refractivity contribution in [3.05, 3.63) is 40.3 Å². The molecule has 0 unspecified atom stereocenters. The predicted molar refractivity (Wildman–Crippen MR) is 84.6 cm³/mol. The smallest absolute Gasteiger partial charge is 0.275 e. The summed E-state index contributed by atoms with van der Waals surface area (Å²) in [7, 11) is 0. The Morgan fingerprint density at radius 3 is 2.86 bits per heavy atom. The molecule has 0 spiro atoms. The number of fused-ring (bicyclic) bond motifs is 1. The molecule has 2 heterocycles. The van der Waals surface area contributed by atoms with E-state index < -0.39 is 0 Å². The van der Waals surface area contributed by atoms with Gasteiger partial charge < -0.3 is 10.6 Å². The summed E-state index contributed by atoms with van der Waals surface area (Å²) in [5.74, 6) is 0.214. The number of carbonyl (C=O) groups excluding carboxylic acids is 1. The SMILES string of the molecule is C[C@H]1CCCN(C(=O)c2n[nH]c(=O)c3ccccc23)[C@H]1CN. The first-order valence-electron chi connectivity index (χ1n) is 7.62. The van der Waals surface area contributed by atoms with Crippen LogP contribution in [0, 0.1) is 5.92 Å². The van der Waals surface area contributed by atoms with Gasteiger partial charge in [-0.05, 0) is 24.8 Å². The fraction of sp³-hybridized carbons (Fsp3) is 0.438. The first kappa shape index (κ1) is 14.7. The molecule has 1 fully saturated rings. The highest BCUT2D eigenvalue weighted by atomic mass is 16.2. The molecule has 22 heavy (non-hydrogen) atoms. The van der Waals surface area contributed by atoms with Gasteiger partial charge in [0.2, 0.25) is 0 Å². The lowest BCUT2D eigenvalue weighted by atomic mass is 9.90. The van der Waals surface area contributed by atoms with E-state index >= 15 is 0 Å². The number of aromatic nitrogens is 2. The van der Waals surface area contributed by atoms with Crippen LogP contribution in [0.4, 0.5) is 0 Å². The Kier molecular flexibility index (Phi) is 3.94. The summed E-state index contributed by atoms with van der Waals surface area (Å²) in [6.07, 6.45) is 2.04. The van der Waals surface area contributed by atoms with Crippen molar-refractivity contribution >= 4 is 16.7 Å². The average molecular weight is 300 g/mol. The van der Waals surface area contributed by atoms with Crippen LogP contribution in [0.25, 0.3) is 10.8 Å². The topological polar surface area (TPSA) is 92.1 Å². The Labute approximate surface area is 128 Å². The number of rotatable bonds is 2. The summed E-state index contributed by atoms with van der Waals surface area (Å²) in [6, 6.07) is 7.06. The highest BCUT2D eigenvalue weighted by Crippen LogP contribution is 2.25. The Bertz CT molecular complexity index is 755. The second-order valence-corrected chi connectivity index (χ2v) is 5.87. The molecule has 1 aromatic carbocycles. The number of piperidine rings is 1. The number of hydrogen-bond acceptors (Lipinski definition) is 4. The third-order valence-corrected chi connectivity index (χ3v) is 4.52. The molecule has 1 saturated heterocycles. The molecule has 2 atom stereocenters. The Morgan fingerprint density at radius 2 is 2.14 bits per heavy atom. The monoisotopic (exact) mass is 300 g/mol. The number of benzene rings is 1. The fourth-order valence-corrected chi connectivity index (χ4v) is 3.27. The normalized spacial score (nSPS) is 22.0. The van der Waals surface area contributed by atoms with E-state index in [-0.39, 0.29) is 17.5 Å². The molecular weight excluding hydrogens is 280 g/mol. The van der Waals surface area contributed by atoms with Crippen LogP contribution < -0.4 is 11.3 Å².